The van der Waals surface area contributed by atoms with Crippen LogP contribution >= 0.6 is 0 Å². The van der Waals surface area contributed by atoms with E-state index >= 15 is 0 Å². The minimum atomic E-state index is -0.484. The summed E-state index contributed by atoms with van der Waals surface area (Å²) in [5, 5.41) is 5.65. The molecule has 1 saturated heterocycles. The number of nitrogens with zero attached hydrogens (tertiary/aromatic N) is 1. The van der Waals surface area contributed by atoms with Crippen molar-refractivity contribution in [2.45, 2.75) is 32.5 Å². The fourth-order valence-electron chi connectivity index (χ4n) is 3.11. The van der Waals surface area contributed by atoms with Crippen molar-refractivity contribution < 1.29 is 18.7 Å². The van der Waals surface area contributed by atoms with Gasteiger partial charge in [0.2, 0.25) is 11.8 Å². The van der Waals surface area contributed by atoms with E-state index in [-0.39, 0.29) is 18.2 Å². The SMILES string of the molecule is CCOc1ccc(CN2CCNC(=O)[C@H]2CC(=O)NCc2ccco2)cc1. The number of ether oxygens (including phenoxy) is 1. The predicted octanol–water partition coefficient (Wildman–Crippen LogP) is 1.69. The van der Waals surface area contributed by atoms with Gasteiger partial charge in [-0.15, -0.1) is 0 Å². The number of carbonyl (C=O) groups excluding carboxylic acids is 2. The van der Waals surface area contributed by atoms with Gasteiger partial charge < -0.3 is 19.8 Å². The van der Waals surface area contributed by atoms with Crippen LogP contribution in [0.3, 0.4) is 0 Å². The van der Waals surface area contributed by atoms with Crippen LogP contribution in [-0.2, 0) is 22.7 Å². The number of piperazine rings is 1. The number of rotatable bonds is 8. The molecule has 0 spiro atoms. The Morgan fingerprint density at radius 1 is 1.33 bits per heavy atom. The highest BCUT2D eigenvalue weighted by atomic mass is 16.5. The molecule has 2 amide bonds. The van der Waals surface area contributed by atoms with Gasteiger partial charge in [-0.05, 0) is 36.8 Å². The molecule has 2 N–H and O–H groups in total. The Balaban J connectivity index is 1.58. The lowest BCUT2D eigenvalue weighted by Gasteiger charge is -2.34. The Morgan fingerprint density at radius 2 is 2.15 bits per heavy atom. The Labute approximate surface area is 158 Å². The molecule has 1 aromatic heterocycles. The molecule has 1 fully saturated rings. The highest BCUT2D eigenvalue weighted by molar-refractivity contribution is 5.88. The van der Waals surface area contributed by atoms with Crippen molar-refractivity contribution in [3.05, 3.63) is 54.0 Å². The standard InChI is InChI=1S/C20H25N3O4/c1-2-26-16-7-5-15(6-8-16)14-23-10-9-21-20(25)18(23)12-19(24)22-13-17-4-3-11-27-17/h3-8,11,18H,2,9-10,12-14H2,1H3,(H,21,25)(H,22,24)/t18-/m1/s1. The molecular weight excluding hydrogens is 346 g/mol. The average Bonchev–Trinajstić information content (AvgIpc) is 3.18. The van der Waals surface area contributed by atoms with Gasteiger partial charge in [0.05, 0.1) is 31.9 Å². The summed E-state index contributed by atoms with van der Waals surface area (Å²) in [6.07, 6.45) is 1.68. The van der Waals surface area contributed by atoms with Gasteiger partial charge in [-0.3, -0.25) is 14.5 Å². The summed E-state index contributed by atoms with van der Waals surface area (Å²) in [6, 6.07) is 10.9. The molecule has 2 aromatic rings. The Hall–Kier alpha value is -2.80. The third-order valence-corrected chi connectivity index (χ3v) is 4.48. The Kier molecular flexibility index (Phi) is 6.49. The molecule has 144 valence electrons. The number of furan rings is 1. The van der Waals surface area contributed by atoms with Crippen molar-refractivity contribution in [3.63, 3.8) is 0 Å². The summed E-state index contributed by atoms with van der Waals surface area (Å²) in [5.74, 6) is 1.22. The van der Waals surface area contributed by atoms with Crippen LogP contribution in [0.4, 0.5) is 0 Å². The number of amides is 2. The van der Waals surface area contributed by atoms with Gasteiger partial charge in [0.25, 0.3) is 0 Å². The number of hydrogen-bond donors (Lipinski definition) is 2. The van der Waals surface area contributed by atoms with Crippen molar-refractivity contribution in [2.75, 3.05) is 19.7 Å². The molecule has 1 atom stereocenters. The van der Waals surface area contributed by atoms with Crippen molar-refractivity contribution in [1.29, 1.82) is 0 Å². The molecular formula is C20H25N3O4. The van der Waals surface area contributed by atoms with Crippen molar-refractivity contribution in [2.24, 2.45) is 0 Å². The van der Waals surface area contributed by atoms with E-state index in [1.54, 1.807) is 18.4 Å². The highest BCUT2D eigenvalue weighted by Crippen LogP contribution is 2.17. The topological polar surface area (TPSA) is 83.8 Å². The van der Waals surface area contributed by atoms with Gasteiger partial charge in [-0.25, -0.2) is 0 Å². The monoisotopic (exact) mass is 371 g/mol. The zero-order chi connectivity index (χ0) is 19.1. The van der Waals surface area contributed by atoms with Crippen LogP contribution in [-0.4, -0.2) is 42.5 Å². The molecule has 0 radical (unpaired) electrons. The summed E-state index contributed by atoms with van der Waals surface area (Å²) >= 11 is 0. The smallest absolute Gasteiger partial charge is 0.237 e. The quantitative estimate of drug-likeness (QED) is 0.738. The largest absolute Gasteiger partial charge is 0.494 e. The first kappa shape index (κ1) is 19.0. The lowest BCUT2D eigenvalue weighted by Crippen LogP contribution is -2.56. The average molecular weight is 371 g/mol. The molecule has 2 heterocycles. The normalized spacial score (nSPS) is 17.4. The zero-order valence-electron chi connectivity index (χ0n) is 15.4. The molecule has 1 aliphatic heterocycles. The predicted molar refractivity (Wildman–Crippen MR) is 100.0 cm³/mol. The van der Waals surface area contributed by atoms with Crippen LogP contribution in [0.5, 0.6) is 5.75 Å². The highest BCUT2D eigenvalue weighted by Gasteiger charge is 2.31. The Morgan fingerprint density at radius 3 is 2.85 bits per heavy atom. The maximum absolute atomic E-state index is 12.3. The number of benzene rings is 1. The first-order chi connectivity index (χ1) is 13.2. The van der Waals surface area contributed by atoms with E-state index in [9.17, 15) is 9.59 Å². The number of hydrogen-bond acceptors (Lipinski definition) is 5. The van der Waals surface area contributed by atoms with Gasteiger partial charge in [-0.2, -0.15) is 0 Å². The van der Waals surface area contributed by atoms with Gasteiger partial charge >= 0.3 is 0 Å². The van der Waals surface area contributed by atoms with E-state index < -0.39 is 6.04 Å². The summed E-state index contributed by atoms with van der Waals surface area (Å²) in [5.41, 5.74) is 1.08. The van der Waals surface area contributed by atoms with Crippen molar-refractivity contribution in [1.82, 2.24) is 15.5 Å². The second-order valence-electron chi connectivity index (χ2n) is 6.41. The lowest BCUT2D eigenvalue weighted by atomic mass is 10.1. The maximum Gasteiger partial charge on any atom is 0.237 e. The fraction of sp³-hybridized carbons (Fsp3) is 0.400. The molecule has 1 aliphatic rings. The van der Waals surface area contributed by atoms with E-state index in [0.717, 1.165) is 11.3 Å². The zero-order valence-corrected chi connectivity index (χ0v) is 15.4. The molecule has 27 heavy (non-hydrogen) atoms. The minimum Gasteiger partial charge on any atom is -0.494 e. The number of carbonyl (C=O) groups is 2. The van der Waals surface area contributed by atoms with Crippen LogP contribution in [0.1, 0.15) is 24.7 Å². The Bertz CT molecular complexity index is 743. The summed E-state index contributed by atoms with van der Waals surface area (Å²) in [7, 11) is 0. The molecule has 3 rings (SSSR count). The summed E-state index contributed by atoms with van der Waals surface area (Å²) in [4.78, 5) is 26.7. The summed E-state index contributed by atoms with van der Waals surface area (Å²) in [6.45, 7) is 4.78. The van der Waals surface area contributed by atoms with E-state index in [0.29, 0.717) is 38.5 Å². The van der Waals surface area contributed by atoms with Gasteiger partial charge in [0.15, 0.2) is 0 Å². The van der Waals surface area contributed by atoms with Gasteiger partial charge in [-0.1, -0.05) is 12.1 Å². The van der Waals surface area contributed by atoms with E-state index in [1.165, 1.54) is 0 Å². The molecule has 7 nitrogen and oxygen atoms in total. The fourth-order valence-corrected chi connectivity index (χ4v) is 3.11. The van der Waals surface area contributed by atoms with Crippen molar-refractivity contribution >= 4 is 11.8 Å². The summed E-state index contributed by atoms with van der Waals surface area (Å²) < 4.78 is 10.7. The minimum absolute atomic E-state index is 0.111. The molecule has 0 aliphatic carbocycles. The lowest BCUT2D eigenvalue weighted by molar-refractivity contribution is -0.134. The van der Waals surface area contributed by atoms with E-state index in [1.807, 2.05) is 36.1 Å². The molecule has 0 saturated carbocycles. The van der Waals surface area contributed by atoms with Crippen molar-refractivity contribution in [3.8, 4) is 5.75 Å². The third kappa shape index (κ3) is 5.34. The second kappa shape index (κ2) is 9.23. The molecule has 7 heteroatoms. The first-order valence-electron chi connectivity index (χ1n) is 9.18. The first-order valence-corrected chi connectivity index (χ1v) is 9.18. The maximum atomic E-state index is 12.3. The van der Waals surface area contributed by atoms with Crippen LogP contribution in [0.15, 0.2) is 47.1 Å². The van der Waals surface area contributed by atoms with Crippen LogP contribution < -0.4 is 15.4 Å². The molecule has 0 bridgehead atoms. The van der Waals surface area contributed by atoms with Gasteiger partial charge in [0, 0.05) is 19.6 Å². The van der Waals surface area contributed by atoms with Gasteiger partial charge in [0.1, 0.15) is 11.5 Å². The number of nitrogens with one attached hydrogen (secondary N) is 2. The molecule has 1 aromatic carbocycles. The van der Waals surface area contributed by atoms with Crippen LogP contribution in [0.2, 0.25) is 0 Å². The molecule has 0 unspecified atom stereocenters. The van der Waals surface area contributed by atoms with Crippen LogP contribution in [0.25, 0.3) is 0 Å². The van der Waals surface area contributed by atoms with Crippen LogP contribution in [0, 0.1) is 0 Å². The third-order valence-electron chi connectivity index (χ3n) is 4.48. The van der Waals surface area contributed by atoms with E-state index in [2.05, 4.69) is 10.6 Å². The van der Waals surface area contributed by atoms with E-state index in [4.69, 9.17) is 9.15 Å². The second-order valence-corrected chi connectivity index (χ2v) is 6.41.